The van der Waals surface area contributed by atoms with E-state index in [1.165, 1.54) is 6.07 Å². The molecule has 24 heavy (non-hydrogen) atoms. The van der Waals surface area contributed by atoms with Gasteiger partial charge in [-0.3, -0.25) is 10.1 Å². The lowest BCUT2D eigenvalue weighted by atomic mass is 10.0. The molecule has 126 valence electrons. The van der Waals surface area contributed by atoms with E-state index in [-0.39, 0.29) is 11.3 Å². The number of benzene rings is 2. The quantitative estimate of drug-likeness (QED) is 0.740. The number of hydrogen-bond donors (Lipinski definition) is 3. The molecule has 0 heterocycles. The number of aromatic hydroxyl groups is 1. The lowest BCUT2D eigenvalue weighted by molar-refractivity contribution is -0.130. The second kappa shape index (κ2) is 6.99. The summed E-state index contributed by atoms with van der Waals surface area (Å²) >= 11 is 0. The summed E-state index contributed by atoms with van der Waals surface area (Å²) in [5.41, 5.74) is 4.84. The van der Waals surface area contributed by atoms with Gasteiger partial charge in [0, 0.05) is 5.39 Å². The molecule has 3 amide bonds. The number of fused-ring (bicyclic) bond motifs is 1. The fourth-order valence-electron chi connectivity index (χ4n) is 2.28. The van der Waals surface area contributed by atoms with Crippen molar-refractivity contribution in [2.45, 2.75) is 20.0 Å². The van der Waals surface area contributed by atoms with Gasteiger partial charge in [-0.05, 0) is 17.4 Å². The van der Waals surface area contributed by atoms with Crippen LogP contribution in [-0.2, 0) is 9.53 Å². The minimum absolute atomic E-state index is 0.0637. The normalized spacial score (nSPS) is 12.0. The number of urea groups is 1. The van der Waals surface area contributed by atoms with Crippen LogP contribution in [0.3, 0.4) is 0 Å². The molecule has 1 atom stereocenters. The van der Waals surface area contributed by atoms with Crippen LogP contribution in [-0.4, -0.2) is 29.1 Å². The maximum atomic E-state index is 12.3. The Morgan fingerprint density at radius 1 is 1.12 bits per heavy atom. The second-order valence-electron chi connectivity index (χ2n) is 5.61. The van der Waals surface area contributed by atoms with Crippen LogP contribution < -0.4 is 11.1 Å². The minimum Gasteiger partial charge on any atom is -0.506 e. The van der Waals surface area contributed by atoms with Crippen molar-refractivity contribution in [1.82, 2.24) is 5.32 Å². The zero-order valence-corrected chi connectivity index (χ0v) is 13.3. The molecule has 4 N–H and O–H groups in total. The number of phenols is 1. The maximum absolute atomic E-state index is 12.3. The van der Waals surface area contributed by atoms with Gasteiger partial charge in [0.05, 0.1) is 0 Å². The fourth-order valence-corrected chi connectivity index (χ4v) is 2.28. The average Bonchev–Trinajstić information content (AvgIpc) is 2.51. The van der Waals surface area contributed by atoms with Crippen molar-refractivity contribution in [3.63, 3.8) is 0 Å². The van der Waals surface area contributed by atoms with Gasteiger partial charge >= 0.3 is 12.0 Å². The zero-order valence-electron chi connectivity index (χ0n) is 13.3. The number of phenolic OH excluding ortho intramolecular Hbond substituents is 1. The van der Waals surface area contributed by atoms with Gasteiger partial charge in [-0.15, -0.1) is 0 Å². The Hall–Kier alpha value is -3.09. The van der Waals surface area contributed by atoms with E-state index in [1.54, 1.807) is 38.1 Å². The number of rotatable bonds is 4. The van der Waals surface area contributed by atoms with Gasteiger partial charge in [-0.25, -0.2) is 9.59 Å². The Bertz CT molecular complexity index is 801. The Labute approximate surface area is 138 Å². The van der Waals surface area contributed by atoms with Crippen LogP contribution in [0.1, 0.15) is 24.2 Å². The first kappa shape index (κ1) is 17.3. The maximum Gasteiger partial charge on any atom is 0.342 e. The van der Waals surface area contributed by atoms with Gasteiger partial charge in [-0.1, -0.05) is 44.2 Å². The number of carbonyl (C=O) groups excluding carboxylic acids is 3. The van der Waals surface area contributed by atoms with E-state index >= 15 is 0 Å². The number of esters is 1. The molecule has 0 radical (unpaired) electrons. The molecule has 0 aromatic heterocycles. The fraction of sp³-hybridized carbons (Fsp3) is 0.235. The number of hydrogen-bond acceptors (Lipinski definition) is 5. The highest BCUT2D eigenvalue weighted by molar-refractivity contribution is 6.03. The molecular formula is C17H18N2O5. The number of imide groups is 1. The van der Waals surface area contributed by atoms with Gasteiger partial charge in [0.15, 0.2) is 6.10 Å². The first-order chi connectivity index (χ1) is 11.3. The number of primary amides is 1. The Morgan fingerprint density at radius 3 is 2.42 bits per heavy atom. The molecule has 2 aromatic rings. The van der Waals surface area contributed by atoms with Crippen LogP contribution in [0.4, 0.5) is 4.79 Å². The summed E-state index contributed by atoms with van der Waals surface area (Å²) in [5, 5.41) is 13.4. The van der Waals surface area contributed by atoms with Gasteiger partial charge < -0.3 is 15.6 Å². The third-order valence-corrected chi connectivity index (χ3v) is 3.46. The summed E-state index contributed by atoms with van der Waals surface area (Å²) in [6.45, 7) is 3.30. The summed E-state index contributed by atoms with van der Waals surface area (Å²) in [7, 11) is 0. The molecule has 0 aliphatic heterocycles. The van der Waals surface area contributed by atoms with Crippen LogP contribution in [0.2, 0.25) is 0 Å². The highest BCUT2D eigenvalue weighted by atomic mass is 16.5. The molecule has 0 saturated carbocycles. The highest BCUT2D eigenvalue weighted by Crippen LogP contribution is 2.29. The third-order valence-electron chi connectivity index (χ3n) is 3.46. The molecular weight excluding hydrogens is 312 g/mol. The molecule has 2 rings (SSSR count). The van der Waals surface area contributed by atoms with E-state index in [0.717, 1.165) is 5.39 Å². The summed E-state index contributed by atoms with van der Waals surface area (Å²) in [6, 6.07) is 9.05. The topological polar surface area (TPSA) is 119 Å². The van der Waals surface area contributed by atoms with E-state index in [2.05, 4.69) is 0 Å². The molecule has 0 spiro atoms. The van der Waals surface area contributed by atoms with Crippen molar-refractivity contribution < 1.29 is 24.2 Å². The Balaban J connectivity index is 2.29. The average molecular weight is 330 g/mol. The van der Waals surface area contributed by atoms with Gasteiger partial charge in [-0.2, -0.15) is 0 Å². The highest BCUT2D eigenvalue weighted by Gasteiger charge is 2.29. The zero-order chi connectivity index (χ0) is 17.9. The number of nitrogens with one attached hydrogen (secondary N) is 1. The van der Waals surface area contributed by atoms with Crippen molar-refractivity contribution in [3.8, 4) is 5.75 Å². The van der Waals surface area contributed by atoms with Crippen molar-refractivity contribution in [2.24, 2.45) is 11.7 Å². The molecule has 7 nitrogen and oxygen atoms in total. The van der Waals surface area contributed by atoms with Gasteiger partial charge in [0.2, 0.25) is 0 Å². The monoisotopic (exact) mass is 330 g/mol. The number of carbonyl (C=O) groups is 3. The summed E-state index contributed by atoms with van der Waals surface area (Å²) in [4.78, 5) is 35.0. The Morgan fingerprint density at radius 2 is 1.79 bits per heavy atom. The molecule has 2 aromatic carbocycles. The minimum atomic E-state index is -1.21. The van der Waals surface area contributed by atoms with E-state index in [1.807, 2.05) is 11.4 Å². The molecule has 0 saturated heterocycles. The largest absolute Gasteiger partial charge is 0.506 e. The number of nitrogens with two attached hydrogens (primary N) is 1. The molecule has 0 aliphatic carbocycles. The van der Waals surface area contributed by atoms with E-state index in [0.29, 0.717) is 5.39 Å². The molecule has 0 fully saturated rings. The van der Waals surface area contributed by atoms with Crippen LogP contribution in [0.5, 0.6) is 5.75 Å². The summed E-state index contributed by atoms with van der Waals surface area (Å²) < 4.78 is 5.17. The van der Waals surface area contributed by atoms with Crippen molar-refractivity contribution in [3.05, 3.63) is 42.0 Å². The molecule has 7 heteroatoms. The SMILES string of the molecule is CC(C)[C@@H](OC(=O)c1ccc2ccccc2c1O)C(=O)NC(N)=O. The van der Waals surface area contributed by atoms with Crippen LogP contribution in [0.25, 0.3) is 10.8 Å². The first-order valence-electron chi connectivity index (χ1n) is 7.33. The van der Waals surface area contributed by atoms with Gasteiger partial charge in [0.25, 0.3) is 5.91 Å². The van der Waals surface area contributed by atoms with Crippen molar-refractivity contribution >= 4 is 28.7 Å². The third kappa shape index (κ3) is 3.62. The summed E-state index contributed by atoms with van der Waals surface area (Å²) in [5.74, 6) is -2.30. The molecule has 0 aliphatic rings. The number of amides is 3. The van der Waals surface area contributed by atoms with Crippen molar-refractivity contribution in [2.75, 3.05) is 0 Å². The lowest BCUT2D eigenvalue weighted by Crippen LogP contribution is -2.45. The van der Waals surface area contributed by atoms with E-state index < -0.39 is 29.9 Å². The first-order valence-corrected chi connectivity index (χ1v) is 7.33. The number of ether oxygens (including phenoxy) is 1. The van der Waals surface area contributed by atoms with Crippen LogP contribution in [0, 0.1) is 5.92 Å². The molecule has 0 bridgehead atoms. The second-order valence-corrected chi connectivity index (χ2v) is 5.61. The predicted molar refractivity (Wildman–Crippen MR) is 87.4 cm³/mol. The molecule has 0 unspecified atom stereocenters. The predicted octanol–water partition coefficient (Wildman–Crippen LogP) is 1.92. The lowest BCUT2D eigenvalue weighted by Gasteiger charge is -2.20. The van der Waals surface area contributed by atoms with Crippen molar-refractivity contribution in [1.29, 1.82) is 0 Å². The van der Waals surface area contributed by atoms with E-state index in [9.17, 15) is 19.5 Å². The van der Waals surface area contributed by atoms with Gasteiger partial charge in [0.1, 0.15) is 11.3 Å². The van der Waals surface area contributed by atoms with Crippen LogP contribution >= 0.6 is 0 Å². The summed E-state index contributed by atoms with van der Waals surface area (Å²) in [6.07, 6.45) is -1.21. The Kier molecular flexibility index (Phi) is 5.03. The standard InChI is InChI=1S/C17H18N2O5/c1-9(2)14(15(21)19-17(18)23)24-16(22)12-8-7-10-5-3-4-6-11(10)13(12)20/h3-9,14,20H,1-2H3,(H3,18,19,21,23)/t14-/m1/s1. The van der Waals surface area contributed by atoms with Crippen LogP contribution in [0.15, 0.2) is 36.4 Å². The van der Waals surface area contributed by atoms with E-state index in [4.69, 9.17) is 10.5 Å². The smallest absolute Gasteiger partial charge is 0.342 e.